The average Bonchev–Trinajstić information content (AvgIpc) is 2.39. The van der Waals surface area contributed by atoms with Gasteiger partial charge in [0, 0.05) is 13.1 Å². The van der Waals surface area contributed by atoms with Crippen molar-refractivity contribution in [1.29, 1.82) is 0 Å². The lowest BCUT2D eigenvalue weighted by Crippen LogP contribution is -2.41. The second-order valence-electron chi connectivity index (χ2n) is 5.35. The van der Waals surface area contributed by atoms with Crippen LogP contribution in [0.1, 0.15) is 30.0 Å². The number of hydrogen-bond donors (Lipinski definition) is 2. The van der Waals surface area contributed by atoms with E-state index >= 15 is 0 Å². The van der Waals surface area contributed by atoms with Crippen LogP contribution in [0.15, 0.2) is 24.3 Å². The zero-order valence-corrected chi connectivity index (χ0v) is 12.6. The zero-order valence-electron chi connectivity index (χ0n) is 11.8. The van der Waals surface area contributed by atoms with E-state index < -0.39 is 0 Å². The molecule has 1 aliphatic carbocycles. The number of benzene rings is 1. The van der Waals surface area contributed by atoms with Crippen molar-refractivity contribution < 1.29 is 0 Å². The van der Waals surface area contributed by atoms with Crippen LogP contribution in [0.4, 0.5) is 0 Å². The Kier molecular flexibility index (Phi) is 5.16. The fraction of sp³-hybridized carbons (Fsp3) is 0.533. The number of thiocarbonyl (C=S) groups is 1. The molecule has 0 spiro atoms. The molecular weight excluding hydrogens is 254 g/mol. The molecule has 0 aliphatic heterocycles. The summed E-state index contributed by atoms with van der Waals surface area (Å²) in [5.74, 6) is 0. The highest BCUT2D eigenvalue weighted by molar-refractivity contribution is 7.80. The Morgan fingerprint density at radius 3 is 2.95 bits per heavy atom. The van der Waals surface area contributed by atoms with Gasteiger partial charge in [0.2, 0.25) is 0 Å². The summed E-state index contributed by atoms with van der Waals surface area (Å²) < 4.78 is 0. The van der Waals surface area contributed by atoms with Crippen LogP contribution in [0.5, 0.6) is 0 Å². The highest BCUT2D eigenvalue weighted by Gasteiger charge is 2.19. The van der Waals surface area contributed by atoms with Gasteiger partial charge in [-0.3, -0.25) is 0 Å². The molecule has 0 bridgehead atoms. The summed E-state index contributed by atoms with van der Waals surface area (Å²) in [5.41, 5.74) is 2.87. The minimum atomic E-state index is 0.365. The molecule has 0 heterocycles. The van der Waals surface area contributed by atoms with Crippen LogP contribution in [0, 0.1) is 0 Å². The molecule has 104 valence electrons. The second kappa shape index (κ2) is 6.87. The van der Waals surface area contributed by atoms with E-state index in [2.05, 4.69) is 53.9 Å². The number of rotatable bonds is 4. The Morgan fingerprint density at radius 1 is 1.37 bits per heavy atom. The largest absolute Gasteiger partial charge is 0.361 e. The van der Waals surface area contributed by atoms with Crippen molar-refractivity contribution in [2.24, 2.45) is 0 Å². The van der Waals surface area contributed by atoms with Gasteiger partial charge >= 0.3 is 0 Å². The van der Waals surface area contributed by atoms with Gasteiger partial charge in [0.15, 0.2) is 5.11 Å². The predicted octanol–water partition coefficient (Wildman–Crippen LogP) is 2.09. The quantitative estimate of drug-likeness (QED) is 0.824. The third-order valence-electron chi connectivity index (χ3n) is 3.52. The maximum absolute atomic E-state index is 5.38. The number of hydrogen-bond acceptors (Lipinski definition) is 2. The van der Waals surface area contributed by atoms with Gasteiger partial charge in [-0.05, 0) is 56.7 Å². The third-order valence-corrected chi connectivity index (χ3v) is 3.78. The molecule has 0 amide bonds. The van der Waals surface area contributed by atoms with Crippen molar-refractivity contribution in [1.82, 2.24) is 15.5 Å². The number of nitrogens with zero attached hydrogens (tertiary/aromatic N) is 1. The molecular formula is C15H23N3S. The summed E-state index contributed by atoms with van der Waals surface area (Å²) in [6.45, 7) is 1.87. The van der Waals surface area contributed by atoms with E-state index in [9.17, 15) is 0 Å². The van der Waals surface area contributed by atoms with Gasteiger partial charge in [0.05, 0.1) is 6.04 Å². The molecule has 1 aromatic rings. The molecule has 3 nitrogen and oxygen atoms in total. The summed E-state index contributed by atoms with van der Waals surface area (Å²) in [5, 5.41) is 7.49. The Labute approximate surface area is 121 Å². The van der Waals surface area contributed by atoms with E-state index in [1.807, 2.05) is 0 Å². The molecule has 0 unspecified atom stereocenters. The molecule has 2 rings (SSSR count). The Morgan fingerprint density at radius 2 is 2.16 bits per heavy atom. The second-order valence-corrected chi connectivity index (χ2v) is 5.76. The molecule has 0 aromatic heterocycles. The van der Waals surface area contributed by atoms with Crippen LogP contribution in [0.25, 0.3) is 0 Å². The maximum Gasteiger partial charge on any atom is 0.166 e. The van der Waals surface area contributed by atoms with Crippen LogP contribution in [-0.4, -0.2) is 37.2 Å². The first-order valence-corrected chi connectivity index (χ1v) is 7.34. The SMILES string of the molecule is CN(C)CCNC(=S)N[C@H]1CCCc2ccccc21. The Bertz CT molecular complexity index is 431. The molecule has 0 saturated heterocycles. The van der Waals surface area contributed by atoms with Gasteiger partial charge in [-0.1, -0.05) is 24.3 Å². The van der Waals surface area contributed by atoms with Crippen molar-refractivity contribution in [3.63, 3.8) is 0 Å². The lowest BCUT2D eigenvalue weighted by atomic mass is 9.88. The van der Waals surface area contributed by atoms with Crippen LogP contribution in [-0.2, 0) is 6.42 Å². The number of aryl methyl sites for hydroxylation is 1. The third kappa shape index (κ3) is 4.18. The van der Waals surface area contributed by atoms with E-state index in [0.29, 0.717) is 6.04 Å². The summed E-state index contributed by atoms with van der Waals surface area (Å²) in [6.07, 6.45) is 3.58. The molecule has 19 heavy (non-hydrogen) atoms. The van der Waals surface area contributed by atoms with Gasteiger partial charge in [-0.25, -0.2) is 0 Å². The molecule has 1 aliphatic rings. The highest BCUT2D eigenvalue weighted by Crippen LogP contribution is 2.29. The Balaban J connectivity index is 1.88. The number of fused-ring (bicyclic) bond motifs is 1. The van der Waals surface area contributed by atoms with Gasteiger partial charge in [0.1, 0.15) is 0 Å². The first-order chi connectivity index (χ1) is 9.16. The maximum atomic E-state index is 5.38. The van der Waals surface area contributed by atoms with Crippen LogP contribution >= 0.6 is 12.2 Å². The van der Waals surface area contributed by atoms with Crippen molar-refractivity contribution in [3.05, 3.63) is 35.4 Å². The van der Waals surface area contributed by atoms with Gasteiger partial charge in [-0.15, -0.1) is 0 Å². The number of likely N-dealkylation sites (N-methyl/N-ethyl adjacent to an activating group) is 1. The molecule has 2 N–H and O–H groups in total. The smallest absolute Gasteiger partial charge is 0.166 e. The van der Waals surface area contributed by atoms with E-state index in [0.717, 1.165) is 24.6 Å². The standard InChI is InChI=1S/C15H23N3S/c1-18(2)11-10-16-15(19)17-14-9-5-7-12-6-3-4-8-13(12)14/h3-4,6,8,14H,5,7,9-11H2,1-2H3,(H2,16,17,19)/t14-/m0/s1. The normalized spacial score (nSPS) is 17.9. The highest BCUT2D eigenvalue weighted by atomic mass is 32.1. The lowest BCUT2D eigenvalue weighted by molar-refractivity contribution is 0.411. The minimum absolute atomic E-state index is 0.365. The van der Waals surface area contributed by atoms with Gasteiger partial charge in [0.25, 0.3) is 0 Å². The van der Waals surface area contributed by atoms with E-state index in [1.165, 1.54) is 24.0 Å². The molecule has 0 radical (unpaired) electrons. The lowest BCUT2D eigenvalue weighted by Gasteiger charge is -2.27. The minimum Gasteiger partial charge on any atom is -0.361 e. The summed E-state index contributed by atoms with van der Waals surface area (Å²) >= 11 is 5.38. The Hall–Kier alpha value is -1.13. The monoisotopic (exact) mass is 277 g/mol. The van der Waals surface area contributed by atoms with Crippen molar-refractivity contribution in [2.45, 2.75) is 25.3 Å². The summed E-state index contributed by atoms with van der Waals surface area (Å²) in [7, 11) is 4.13. The zero-order chi connectivity index (χ0) is 13.7. The predicted molar refractivity (Wildman–Crippen MR) is 84.4 cm³/mol. The fourth-order valence-electron chi connectivity index (χ4n) is 2.51. The first kappa shape index (κ1) is 14.3. The van der Waals surface area contributed by atoms with Crippen LogP contribution in [0.3, 0.4) is 0 Å². The average molecular weight is 277 g/mol. The molecule has 0 saturated carbocycles. The van der Waals surface area contributed by atoms with Crippen LogP contribution in [0.2, 0.25) is 0 Å². The van der Waals surface area contributed by atoms with Gasteiger partial charge < -0.3 is 15.5 Å². The van der Waals surface area contributed by atoms with Gasteiger partial charge in [-0.2, -0.15) is 0 Å². The number of nitrogens with one attached hydrogen (secondary N) is 2. The van der Waals surface area contributed by atoms with E-state index in [1.54, 1.807) is 0 Å². The first-order valence-electron chi connectivity index (χ1n) is 6.93. The van der Waals surface area contributed by atoms with E-state index in [4.69, 9.17) is 12.2 Å². The summed E-state index contributed by atoms with van der Waals surface area (Å²) in [4.78, 5) is 2.14. The molecule has 4 heteroatoms. The van der Waals surface area contributed by atoms with Crippen molar-refractivity contribution in [3.8, 4) is 0 Å². The molecule has 1 atom stereocenters. The topological polar surface area (TPSA) is 27.3 Å². The van der Waals surface area contributed by atoms with Crippen LogP contribution < -0.4 is 10.6 Å². The van der Waals surface area contributed by atoms with Crippen molar-refractivity contribution >= 4 is 17.3 Å². The molecule has 1 aromatic carbocycles. The fourth-order valence-corrected chi connectivity index (χ4v) is 2.75. The molecule has 0 fully saturated rings. The summed E-state index contributed by atoms with van der Waals surface area (Å²) in [6, 6.07) is 9.04. The van der Waals surface area contributed by atoms with E-state index in [-0.39, 0.29) is 0 Å². The van der Waals surface area contributed by atoms with Crippen molar-refractivity contribution in [2.75, 3.05) is 27.2 Å².